The first-order chi connectivity index (χ1) is 4.86. The molecule has 1 aromatic carbocycles. The second kappa shape index (κ2) is 1.99. The third-order valence-corrected chi connectivity index (χ3v) is 1.67. The molecule has 10 heavy (non-hydrogen) atoms. The fourth-order valence-electron chi connectivity index (χ4n) is 0.982. The number of furan rings is 1. The first kappa shape index (κ1) is 5.74. The lowest BCUT2D eigenvalue weighted by Gasteiger charge is -1.82. The van der Waals surface area contributed by atoms with Crippen molar-refractivity contribution < 1.29 is 4.42 Å². The number of rotatable bonds is 0. The Balaban J connectivity index is 2.88. The second-order valence-corrected chi connectivity index (χ2v) is 2.64. The molecule has 1 aromatic heterocycles. The Morgan fingerprint density at radius 3 is 2.80 bits per heavy atom. The molecule has 1 heterocycles. The molecule has 3 radical (unpaired) electrons. The Kier molecular flexibility index (Phi) is 1.14. The van der Waals surface area contributed by atoms with Crippen LogP contribution in [0.15, 0.2) is 34.7 Å². The van der Waals surface area contributed by atoms with Gasteiger partial charge in [-0.1, -0.05) is 18.2 Å². The average Bonchev–Trinajstić information content (AvgIpc) is 2.27. The highest BCUT2D eigenvalue weighted by Gasteiger charge is 1.95. The minimum Gasteiger partial charge on any atom is -0.467 e. The van der Waals surface area contributed by atoms with Gasteiger partial charge in [0.2, 0.25) is 0 Å². The van der Waals surface area contributed by atoms with Gasteiger partial charge in [0.25, 0.3) is 0 Å². The third-order valence-electron chi connectivity index (χ3n) is 1.43. The number of para-hydroxylation sites is 1. The van der Waals surface area contributed by atoms with Crippen molar-refractivity contribution in [2.24, 2.45) is 0 Å². The summed E-state index contributed by atoms with van der Waals surface area (Å²) in [7, 11) is 3.31. The van der Waals surface area contributed by atoms with Crippen LogP contribution < -0.4 is 5.38 Å². The van der Waals surface area contributed by atoms with Crippen molar-refractivity contribution in [3.05, 3.63) is 30.3 Å². The molecule has 0 atom stereocenters. The first-order valence-electron chi connectivity index (χ1n) is 3.06. The number of hydrogen-bond acceptors (Lipinski definition) is 1. The van der Waals surface area contributed by atoms with E-state index >= 15 is 0 Å². The van der Waals surface area contributed by atoms with Crippen LogP contribution in [0.25, 0.3) is 11.0 Å². The summed E-state index contributed by atoms with van der Waals surface area (Å²) in [4.78, 5) is 0. The van der Waals surface area contributed by atoms with Crippen LogP contribution >= 0.6 is 0 Å². The van der Waals surface area contributed by atoms with E-state index in [0.717, 1.165) is 16.4 Å². The molecule has 0 N–H and O–H groups in total. The van der Waals surface area contributed by atoms with Crippen LogP contribution in [0, 0.1) is 0 Å². The summed E-state index contributed by atoms with van der Waals surface area (Å²) < 4.78 is 5.28. The van der Waals surface area contributed by atoms with Crippen LogP contribution in [0.3, 0.4) is 0 Å². The van der Waals surface area contributed by atoms with Crippen molar-refractivity contribution in [2.45, 2.75) is 0 Å². The normalized spacial score (nSPS) is 10.5. The number of hydrogen-bond donors (Lipinski definition) is 0. The molecule has 1 nitrogen and oxygen atoms in total. The minimum absolute atomic E-state index is 0.779. The highest BCUT2D eigenvalue weighted by atomic mass is 28.1. The van der Waals surface area contributed by atoms with Gasteiger partial charge in [0.15, 0.2) is 0 Å². The predicted molar refractivity (Wildman–Crippen MR) is 41.6 cm³/mol. The molecule has 2 rings (SSSR count). The molecule has 0 unspecified atom stereocenters. The van der Waals surface area contributed by atoms with Gasteiger partial charge in [-0.05, 0) is 12.1 Å². The molecule has 0 aliphatic carbocycles. The van der Waals surface area contributed by atoms with Crippen LogP contribution in [-0.4, -0.2) is 10.2 Å². The molecule has 0 bridgehead atoms. The number of benzene rings is 1. The van der Waals surface area contributed by atoms with Crippen molar-refractivity contribution in [1.29, 1.82) is 0 Å². The molecule has 0 spiro atoms. The first-order valence-corrected chi connectivity index (χ1v) is 3.56. The molecular formula is C8H5OSi. The number of fused-ring (bicyclic) bond motifs is 1. The van der Waals surface area contributed by atoms with Crippen molar-refractivity contribution >= 4 is 26.6 Å². The van der Waals surface area contributed by atoms with Crippen LogP contribution in [0.2, 0.25) is 0 Å². The van der Waals surface area contributed by atoms with E-state index in [0.29, 0.717) is 0 Å². The molecule has 0 saturated carbocycles. The van der Waals surface area contributed by atoms with E-state index in [2.05, 4.69) is 10.2 Å². The Hall–Kier alpha value is -1.02. The zero-order valence-corrected chi connectivity index (χ0v) is 6.29. The van der Waals surface area contributed by atoms with Crippen LogP contribution in [0.4, 0.5) is 0 Å². The Labute approximate surface area is 62.1 Å². The lowest BCUT2D eigenvalue weighted by Crippen LogP contribution is -1.92. The van der Waals surface area contributed by atoms with Crippen molar-refractivity contribution in [1.82, 2.24) is 0 Å². The zero-order chi connectivity index (χ0) is 6.97. The van der Waals surface area contributed by atoms with Gasteiger partial charge in [-0.3, -0.25) is 0 Å². The lowest BCUT2D eigenvalue weighted by molar-refractivity contribution is 0.653. The molecule has 2 aromatic rings. The van der Waals surface area contributed by atoms with E-state index in [-0.39, 0.29) is 0 Å². The smallest absolute Gasteiger partial charge is 0.133 e. The van der Waals surface area contributed by atoms with Gasteiger partial charge in [0.05, 0.1) is 5.38 Å². The van der Waals surface area contributed by atoms with Gasteiger partial charge < -0.3 is 4.42 Å². The van der Waals surface area contributed by atoms with E-state index < -0.39 is 0 Å². The molecule has 0 saturated heterocycles. The predicted octanol–water partition coefficient (Wildman–Crippen LogP) is 1.23. The van der Waals surface area contributed by atoms with Gasteiger partial charge in [-0.25, -0.2) is 0 Å². The van der Waals surface area contributed by atoms with E-state index in [9.17, 15) is 0 Å². The summed E-state index contributed by atoms with van der Waals surface area (Å²) in [6, 6.07) is 9.86. The summed E-state index contributed by atoms with van der Waals surface area (Å²) >= 11 is 0. The maximum absolute atomic E-state index is 5.28. The fourth-order valence-corrected chi connectivity index (χ4v) is 1.25. The standard InChI is InChI=1S/C8H5OSi/c10-8-5-6-3-1-2-4-7(6)9-8/h1-5H. The molecule has 0 fully saturated rings. The van der Waals surface area contributed by atoms with Crippen molar-refractivity contribution in [2.75, 3.05) is 0 Å². The second-order valence-electron chi connectivity index (χ2n) is 2.15. The summed E-state index contributed by atoms with van der Waals surface area (Å²) in [5.74, 6) is 0. The Morgan fingerprint density at radius 1 is 1.20 bits per heavy atom. The maximum Gasteiger partial charge on any atom is 0.133 e. The van der Waals surface area contributed by atoms with Crippen LogP contribution in [-0.2, 0) is 0 Å². The van der Waals surface area contributed by atoms with Crippen molar-refractivity contribution in [3.63, 3.8) is 0 Å². The monoisotopic (exact) mass is 145 g/mol. The molecule has 0 aliphatic rings. The van der Waals surface area contributed by atoms with Crippen LogP contribution in [0.5, 0.6) is 0 Å². The van der Waals surface area contributed by atoms with E-state index in [1.54, 1.807) is 0 Å². The summed E-state index contributed by atoms with van der Waals surface area (Å²) in [6.07, 6.45) is 0. The summed E-state index contributed by atoms with van der Waals surface area (Å²) in [6.45, 7) is 0. The average molecular weight is 145 g/mol. The molecule has 0 aliphatic heterocycles. The highest BCUT2D eigenvalue weighted by molar-refractivity contribution is 6.31. The van der Waals surface area contributed by atoms with Gasteiger partial charge in [-0.2, -0.15) is 0 Å². The highest BCUT2D eigenvalue weighted by Crippen LogP contribution is 2.11. The van der Waals surface area contributed by atoms with Gasteiger partial charge in [0.1, 0.15) is 15.8 Å². The lowest BCUT2D eigenvalue weighted by atomic mass is 10.3. The SMILES string of the molecule is [Si]c1cc2ccccc2o1. The quantitative estimate of drug-likeness (QED) is 0.508. The third kappa shape index (κ3) is 0.771. The van der Waals surface area contributed by atoms with Gasteiger partial charge in [0, 0.05) is 5.39 Å². The topological polar surface area (TPSA) is 13.1 Å². The van der Waals surface area contributed by atoms with E-state index in [1.165, 1.54) is 0 Å². The largest absolute Gasteiger partial charge is 0.467 e. The van der Waals surface area contributed by atoms with Crippen LogP contribution in [0.1, 0.15) is 0 Å². The Morgan fingerprint density at radius 2 is 2.00 bits per heavy atom. The van der Waals surface area contributed by atoms with Crippen molar-refractivity contribution in [3.8, 4) is 0 Å². The van der Waals surface area contributed by atoms with Gasteiger partial charge in [-0.15, -0.1) is 0 Å². The molecule has 47 valence electrons. The van der Waals surface area contributed by atoms with E-state index in [4.69, 9.17) is 4.42 Å². The molecular weight excluding hydrogens is 140 g/mol. The Bertz CT molecular complexity index is 318. The zero-order valence-electron chi connectivity index (χ0n) is 5.29. The summed E-state index contributed by atoms with van der Waals surface area (Å²) in [5, 5.41) is 1.91. The minimum atomic E-state index is 0.779. The van der Waals surface area contributed by atoms with E-state index in [1.807, 2.05) is 30.3 Å². The molecule has 2 heteroatoms. The van der Waals surface area contributed by atoms with Gasteiger partial charge >= 0.3 is 0 Å². The molecule has 0 amide bonds. The summed E-state index contributed by atoms with van der Waals surface area (Å²) in [5.41, 5.74) is 0.924. The maximum atomic E-state index is 5.28. The fraction of sp³-hybridized carbons (Fsp3) is 0.